The number of hydrogen-bond donors (Lipinski definition) is 1. The van der Waals surface area contributed by atoms with Gasteiger partial charge in [0.05, 0.1) is 5.56 Å². The number of aromatic carboxylic acids is 1. The summed E-state index contributed by atoms with van der Waals surface area (Å²) in [7, 11) is 0. The maximum Gasteiger partial charge on any atom is 0.335 e. The minimum Gasteiger partial charge on any atom is -0.478 e. The van der Waals surface area contributed by atoms with Crippen LogP contribution in [0, 0.1) is 0 Å². The summed E-state index contributed by atoms with van der Waals surface area (Å²) in [5, 5.41) is 8.97. The zero-order valence-corrected chi connectivity index (χ0v) is 19.3. The van der Waals surface area contributed by atoms with E-state index in [1.807, 2.05) is 12.1 Å². The Bertz CT molecular complexity index is 506. The van der Waals surface area contributed by atoms with Crippen LogP contribution in [0.3, 0.4) is 0 Å². The predicted molar refractivity (Wildman–Crippen MR) is 126 cm³/mol. The Labute approximate surface area is 180 Å². The Balaban J connectivity index is 1.87. The number of carboxylic acids is 1. The zero-order valence-electron chi connectivity index (χ0n) is 19.3. The third-order valence-corrected chi connectivity index (χ3v) is 6.22. The first-order valence-corrected chi connectivity index (χ1v) is 12.5. The SMILES string of the molecule is CCCCCCCCCCCCCCCCCCC(C)c1ccc(C(=O)O)cc1. The molecule has 1 N–H and O–H groups in total. The average molecular weight is 403 g/mol. The molecule has 0 aliphatic carbocycles. The van der Waals surface area contributed by atoms with Crippen molar-refractivity contribution in [3.05, 3.63) is 35.4 Å². The second-order valence-electron chi connectivity index (χ2n) is 8.92. The summed E-state index contributed by atoms with van der Waals surface area (Å²) in [5.41, 5.74) is 1.64. The minimum atomic E-state index is -0.845. The summed E-state index contributed by atoms with van der Waals surface area (Å²) in [4.78, 5) is 10.9. The van der Waals surface area contributed by atoms with Crippen LogP contribution in [0.4, 0.5) is 0 Å². The largest absolute Gasteiger partial charge is 0.478 e. The number of benzene rings is 1. The fourth-order valence-corrected chi connectivity index (χ4v) is 4.12. The molecule has 0 amide bonds. The maximum atomic E-state index is 10.9. The monoisotopic (exact) mass is 402 g/mol. The second kappa shape index (κ2) is 17.5. The Morgan fingerprint density at radius 2 is 1.07 bits per heavy atom. The zero-order chi connectivity index (χ0) is 21.2. The van der Waals surface area contributed by atoms with Gasteiger partial charge in [0.2, 0.25) is 0 Å². The van der Waals surface area contributed by atoms with Gasteiger partial charge in [0, 0.05) is 0 Å². The Morgan fingerprint density at radius 1 is 0.690 bits per heavy atom. The predicted octanol–water partition coefficient (Wildman–Crippen LogP) is 9.14. The molecule has 0 aliphatic heterocycles. The molecule has 2 heteroatoms. The lowest BCUT2D eigenvalue weighted by atomic mass is 9.94. The van der Waals surface area contributed by atoms with Gasteiger partial charge in [-0.1, -0.05) is 129 Å². The molecule has 1 aromatic rings. The van der Waals surface area contributed by atoms with Gasteiger partial charge < -0.3 is 5.11 Å². The smallest absolute Gasteiger partial charge is 0.335 e. The summed E-state index contributed by atoms with van der Waals surface area (Å²) < 4.78 is 0. The van der Waals surface area contributed by atoms with Crippen LogP contribution in [-0.4, -0.2) is 11.1 Å². The third kappa shape index (κ3) is 13.5. The van der Waals surface area contributed by atoms with Crippen molar-refractivity contribution in [2.24, 2.45) is 0 Å². The van der Waals surface area contributed by atoms with E-state index in [0.29, 0.717) is 11.5 Å². The molecule has 2 nitrogen and oxygen atoms in total. The lowest BCUT2D eigenvalue weighted by Crippen LogP contribution is -1.98. The molecule has 29 heavy (non-hydrogen) atoms. The van der Waals surface area contributed by atoms with Gasteiger partial charge in [-0.2, -0.15) is 0 Å². The van der Waals surface area contributed by atoms with Crippen LogP contribution in [0.1, 0.15) is 145 Å². The molecule has 0 aromatic heterocycles. The van der Waals surface area contributed by atoms with Crippen LogP contribution in [0.5, 0.6) is 0 Å². The van der Waals surface area contributed by atoms with Crippen molar-refractivity contribution in [3.8, 4) is 0 Å². The van der Waals surface area contributed by atoms with Gasteiger partial charge >= 0.3 is 5.97 Å². The van der Waals surface area contributed by atoms with E-state index in [2.05, 4.69) is 13.8 Å². The highest BCUT2D eigenvalue weighted by molar-refractivity contribution is 5.87. The minimum absolute atomic E-state index is 0.378. The molecular weight excluding hydrogens is 356 g/mol. The highest BCUT2D eigenvalue weighted by Gasteiger charge is 2.07. The summed E-state index contributed by atoms with van der Waals surface area (Å²) in [5.74, 6) is -0.327. The molecule has 0 saturated heterocycles. The molecule has 0 spiro atoms. The van der Waals surface area contributed by atoms with E-state index in [1.165, 1.54) is 115 Å². The summed E-state index contributed by atoms with van der Waals surface area (Å²) in [6, 6.07) is 7.39. The average Bonchev–Trinajstić information content (AvgIpc) is 2.73. The summed E-state index contributed by atoms with van der Waals surface area (Å²) in [6.45, 7) is 4.54. The Hall–Kier alpha value is -1.31. The molecule has 0 saturated carbocycles. The van der Waals surface area contributed by atoms with Crippen molar-refractivity contribution in [1.82, 2.24) is 0 Å². The first-order valence-electron chi connectivity index (χ1n) is 12.5. The van der Waals surface area contributed by atoms with Crippen molar-refractivity contribution >= 4 is 5.97 Å². The maximum absolute atomic E-state index is 10.9. The van der Waals surface area contributed by atoms with Gasteiger partial charge in [-0.05, 0) is 30.0 Å². The van der Waals surface area contributed by atoms with Crippen molar-refractivity contribution in [2.75, 3.05) is 0 Å². The van der Waals surface area contributed by atoms with Crippen molar-refractivity contribution in [1.29, 1.82) is 0 Å². The molecule has 0 fully saturated rings. The van der Waals surface area contributed by atoms with E-state index < -0.39 is 5.97 Å². The lowest BCUT2D eigenvalue weighted by Gasteiger charge is -2.12. The molecule has 1 aromatic carbocycles. The van der Waals surface area contributed by atoms with Crippen LogP contribution in [0.15, 0.2) is 24.3 Å². The van der Waals surface area contributed by atoms with E-state index in [1.54, 1.807) is 12.1 Å². The van der Waals surface area contributed by atoms with Crippen molar-refractivity contribution in [3.63, 3.8) is 0 Å². The van der Waals surface area contributed by atoms with Gasteiger partial charge in [-0.25, -0.2) is 4.79 Å². The van der Waals surface area contributed by atoms with E-state index in [0.717, 1.165) is 0 Å². The number of hydrogen-bond acceptors (Lipinski definition) is 1. The van der Waals surface area contributed by atoms with Crippen LogP contribution in [0.2, 0.25) is 0 Å². The van der Waals surface area contributed by atoms with Crippen LogP contribution >= 0.6 is 0 Å². The Kier molecular flexibility index (Phi) is 15.6. The number of rotatable bonds is 19. The highest BCUT2D eigenvalue weighted by atomic mass is 16.4. The highest BCUT2D eigenvalue weighted by Crippen LogP contribution is 2.23. The molecular formula is C27H46O2. The molecule has 0 bridgehead atoms. The molecule has 1 unspecified atom stereocenters. The fourth-order valence-electron chi connectivity index (χ4n) is 4.12. The molecule has 1 atom stereocenters. The number of unbranched alkanes of at least 4 members (excludes halogenated alkanes) is 15. The van der Waals surface area contributed by atoms with Gasteiger partial charge in [0.25, 0.3) is 0 Å². The first-order chi connectivity index (χ1) is 14.1. The van der Waals surface area contributed by atoms with E-state index in [9.17, 15) is 4.79 Å². The second-order valence-corrected chi connectivity index (χ2v) is 8.92. The molecule has 1 rings (SSSR count). The standard InChI is InChI=1S/C27H46O2/c1-3-4-5-6-7-8-9-10-11-12-13-14-15-16-17-18-19-24(2)25-20-22-26(23-21-25)27(28)29/h20-24H,3-19H2,1-2H3,(H,28,29). The number of carbonyl (C=O) groups is 1. The van der Waals surface area contributed by atoms with Gasteiger partial charge in [-0.15, -0.1) is 0 Å². The third-order valence-electron chi connectivity index (χ3n) is 6.22. The van der Waals surface area contributed by atoms with Crippen molar-refractivity contribution < 1.29 is 9.90 Å². The fraction of sp³-hybridized carbons (Fsp3) is 0.741. The van der Waals surface area contributed by atoms with E-state index in [-0.39, 0.29) is 0 Å². The molecule has 0 heterocycles. The van der Waals surface area contributed by atoms with E-state index >= 15 is 0 Å². The van der Waals surface area contributed by atoms with Gasteiger partial charge in [-0.3, -0.25) is 0 Å². The van der Waals surface area contributed by atoms with Crippen LogP contribution < -0.4 is 0 Å². The molecule has 0 aliphatic rings. The van der Waals surface area contributed by atoms with Crippen molar-refractivity contribution in [2.45, 2.75) is 129 Å². The quantitative estimate of drug-likeness (QED) is 0.234. The summed E-state index contributed by atoms with van der Waals surface area (Å²) >= 11 is 0. The first kappa shape index (κ1) is 25.7. The van der Waals surface area contributed by atoms with E-state index in [4.69, 9.17) is 5.11 Å². The van der Waals surface area contributed by atoms with Crippen LogP contribution in [0.25, 0.3) is 0 Å². The molecule has 166 valence electrons. The normalized spacial score (nSPS) is 12.2. The number of carboxylic acid groups (broad SMARTS) is 1. The summed E-state index contributed by atoms with van der Waals surface area (Å²) in [6.07, 6.45) is 23.7. The Morgan fingerprint density at radius 3 is 1.45 bits per heavy atom. The molecule has 0 radical (unpaired) electrons. The topological polar surface area (TPSA) is 37.3 Å². The van der Waals surface area contributed by atoms with Crippen LogP contribution in [-0.2, 0) is 0 Å². The van der Waals surface area contributed by atoms with Gasteiger partial charge in [0.1, 0.15) is 0 Å². The lowest BCUT2D eigenvalue weighted by molar-refractivity contribution is 0.0697. The van der Waals surface area contributed by atoms with Gasteiger partial charge in [0.15, 0.2) is 0 Å².